The monoisotopic (exact) mass is 308 g/mol. The van der Waals surface area contributed by atoms with Crippen LogP contribution >= 0.6 is 0 Å². The third kappa shape index (κ3) is 5.87. The summed E-state index contributed by atoms with van der Waals surface area (Å²) in [5.41, 5.74) is 0.402. The predicted molar refractivity (Wildman–Crippen MR) is 83.8 cm³/mol. The third-order valence-corrected chi connectivity index (χ3v) is 3.51. The van der Waals surface area contributed by atoms with E-state index in [1.807, 2.05) is 13.8 Å². The Morgan fingerprint density at radius 3 is 2.50 bits per heavy atom. The van der Waals surface area contributed by atoms with Gasteiger partial charge in [0.2, 0.25) is 0 Å². The fourth-order valence-electron chi connectivity index (χ4n) is 2.14. The Morgan fingerprint density at radius 1 is 1.32 bits per heavy atom. The normalized spacial score (nSPS) is 13.3. The molecule has 1 atom stereocenters. The number of ether oxygens (including phenoxy) is 1. The molecule has 0 unspecified atom stereocenters. The fourth-order valence-corrected chi connectivity index (χ4v) is 2.14. The van der Waals surface area contributed by atoms with Crippen LogP contribution in [-0.4, -0.2) is 34.5 Å². The fraction of sp³-hybridized carbons (Fsp3) is 0.471. The van der Waals surface area contributed by atoms with Crippen LogP contribution in [0.3, 0.4) is 0 Å². The number of aliphatic carboxylic acids is 1. The van der Waals surface area contributed by atoms with Crippen molar-refractivity contribution in [3.05, 3.63) is 42.0 Å². The maximum atomic E-state index is 10.5. The number of rotatable bonds is 9. The first-order valence-corrected chi connectivity index (χ1v) is 7.28. The van der Waals surface area contributed by atoms with E-state index in [1.165, 1.54) is 0 Å². The molecule has 0 radical (unpaired) electrons. The lowest BCUT2D eigenvalue weighted by molar-refractivity contribution is -0.131. The van der Waals surface area contributed by atoms with Crippen molar-refractivity contribution in [3.8, 4) is 5.75 Å². The zero-order chi connectivity index (χ0) is 16.6. The van der Waals surface area contributed by atoms with Crippen LogP contribution in [0, 0.1) is 5.41 Å². The number of carboxylic acid groups (broad SMARTS) is 1. The first kappa shape index (κ1) is 18.2. The molecule has 0 fully saturated rings. The summed E-state index contributed by atoms with van der Waals surface area (Å²) in [6.07, 6.45) is 3.32. The summed E-state index contributed by atoms with van der Waals surface area (Å²) < 4.78 is 5.28. The molecule has 0 aromatic heterocycles. The van der Waals surface area contributed by atoms with Crippen LogP contribution in [-0.2, 0) is 4.79 Å². The summed E-state index contributed by atoms with van der Waals surface area (Å²) in [6.45, 7) is 4.09. The second-order valence-electron chi connectivity index (χ2n) is 5.81. The number of benzene rings is 1. The number of allylic oxidation sites excluding steroid dienone is 1. The highest BCUT2D eigenvalue weighted by molar-refractivity contribution is 5.79. The Labute approximate surface area is 130 Å². The summed E-state index contributed by atoms with van der Waals surface area (Å²) in [5.74, 6) is -0.316. The van der Waals surface area contributed by atoms with Gasteiger partial charge < -0.3 is 20.1 Å². The molecular weight excluding hydrogens is 284 g/mol. The quantitative estimate of drug-likeness (QED) is 0.610. The first-order chi connectivity index (χ1) is 10.4. The van der Waals surface area contributed by atoms with Crippen molar-refractivity contribution in [1.82, 2.24) is 0 Å². The minimum absolute atomic E-state index is 0.0404. The second-order valence-corrected chi connectivity index (χ2v) is 5.81. The average molecular weight is 308 g/mol. The Balaban J connectivity index is 2.63. The van der Waals surface area contributed by atoms with E-state index in [-0.39, 0.29) is 18.6 Å². The van der Waals surface area contributed by atoms with Gasteiger partial charge in [0, 0.05) is 6.08 Å². The van der Waals surface area contributed by atoms with Gasteiger partial charge >= 0.3 is 5.97 Å². The number of hydrogen-bond donors (Lipinski definition) is 3. The standard InChI is InChI=1S/C17H24O5/c1-17(2,10-4-3-5-15(19)20)16(21)13-6-8-14(9-7-13)22-12-11-18/h3,5-9,16,18,21H,4,10-12H2,1-2H3,(H,19,20)/b5-3+/t16-/m1/s1. The summed E-state index contributed by atoms with van der Waals surface area (Å²) in [6, 6.07) is 7.11. The Kier molecular flexibility index (Phi) is 7.08. The van der Waals surface area contributed by atoms with Crippen molar-refractivity contribution in [2.45, 2.75) is 32.8 Å². The number of carbonyl (C=O) groups is 1. The molecule has 22 heavy (non-hydrogen) atoms. The molecule has 1 aromatic carbocycles. The zero-order valence-electron chi connectivity index (χ0n) is 13.0. The van der Waals surface area contributed by atoms with Crippen molar-refractivity contribution >= 4 is 5.97 Å². The molecule has 122 valence electrons. The Bertz CT molecular complexity index is 490. The molecule has 0 heterocycles. The first-order valence-electron chi connectivity index (χ1n) is 7.28. The summed E-state index contributed by atoms with van der Waals surface area (Å²) in [5, 5.41) is 27.8. The number of carboxylic acids is 1. The number of aliphatic hydroxyl groups excluding tert-OH is 2. The van der Waals surface area contributed by atoms with E-state index >= 15 is 0 Å². The van der Waals surface area contributed by atoms with E-state index in [0.29, 0.717) is 18.6 Å². The zero-order valence-corrected chi connectivity index (χ0v) is 13.0. The molecule has 0 bridgehead atoms. The van der Waals surface area contributed by atoms with Gasteiger partial charge in [-0.15, -0.1) is 0 Å². The van der Waals surface area contributed by atoms with Crippen molar-refractivity contribution in [2.75, 3.05) is 13.2 Å². The molecule has 0 amide bonds. The molecule has 0 saturated heterocycles. The largest absolute Gasteiger partial charge is 0.491 e. The lowest BCUT2D eigenvalue weighted by Crippen LogP contribution is -2.21. The van der Waals surface area contributed by atoms with E-state index in [0.717, 1.165) is 11.6 Å². The Hall–Kier alpha value is -1.85. The highest BCUT2D eigenvalue weighted by Gasteiger charge is 2.28. The van der Waals surface area contributed by atoms with Gasteiger partial charge in [0.15, 0.2) is 0 Å². The maximum absolute atomic E-state index is 10.5. The highest BCUT2D eigenvalue weighted by atomic mass is 16.5. The van der Waals surface area contributed by atoms with Gasteiger partial charge in [-0.25, -0.2) is 4.79 Å². The molecule has 5 heteroatoms. The lowest BCUT2D eigenvalue weighted by Gasteiger charge is -2.30. The van der Waals surface area contributed by atoms with Crippen LogP contribution in [0.1, 0.15) is 38.4 Å². The van der Waals surface area contributed by atoms with Crippen LogP contribution in [0.25, 0.3) is 0 Å². The third-order valence-electron chi connectivity index (χ3n) is 3.51. The van der Waals surface area contributed by atoms with Crippen LogP contribution in [0.2, 0.25) is 0 Å². The van der Waals surface area contributed by atoms with Gasteiger partial charge in [-0.3, -0.25) is 0 Å². The number of aliphatic hydroxyl groups is 2. The highest BCUT2D eigenvalue weighted by Crippen LogP contribution is 2.37. The molecule has 3 N–H and O–H groups in total. The summed E-state index contributed by atoms with van der Waals surface area (Å²) in [7, 11) is 0. The van der Waals surface area contributed by atoms with E-state index in [1.54, 1.807) is 30.3 Å². The van der Waals surface area contributed by atoms with Gasteiger partial charge in [-0.2, -0.15) is 0 Å². The van der Waals surface area contributed by atoms with Crippen molar-refractivity contribution in [2.24, 2.45) is 5.41 Å². The minimum Gasteiger partial charge on any atom is -0.491 e. The molecule has 1 rings (SSSR count). The van der Waals surface area contributed by atoms with Crippen molar-refractivity contribution < 1.29 is 24.9 Å². The van der Waals surface area contributed by atoms with E-state index in [2.05, 4.69) is 0 Å². The molecule has 0 saturated carbocycles. The van der Waals surface area contributed by atoms with E-state index in [4.69, 9.17) is 14.9 Å². The van der Waals surface area contributed by atoms with Crippen LogP contribution in [0.15, 0.2) is 36.4 Å². The predicted octanol–water partition coefficient (Wildman–Crippen LogP) is 2.54. The summed E-state index contributed by atoms with van der Waals surface area (Å²) in [4.78, 5) is 10.4. The maximum Gasteiger partial charge on any atom is 0.327 e. The molecule has 5 nitrogen and oxygen atoms in total. The SMILES string of the molecule is CC(C)(CC/C=C/C(=O)O)[C@H](O)c1ccc(OCCO)cc1. The molecule has 0 aliphatic heterocycles. The van der Waals surface area contributed by atoms with E-state index in [9.17, 15) is 9.90 Å². The van der Waals surface area contributed by atoms with Gasteiger partial charge in [-0.1, -0.05) is 32.1 Å². The van der Waals surface area contributed by atoms with Gasteiger partial charge in [0.05, 0.1) is 12.7 Å². The van der Waals surface area contributed by atoms with Gasteiger partial charge in [0.1, 0.15) is 12.4 Å². The van der Waals surface area contributed by atoms with Crippen molar-refractivity contribution in [1.29, 1.82) is 0 Å². The molecule has 0 spiro atoms. The Morgan fingerprint density at radius 2 is 1.95 bits per heavy atom. The topological polar surface area (TPSA) is 87.0 Å². The van der Waals surface area contributed by atoms with Gasteiger partial charge in [0.25, 0.3) is 0 Å². The lowest BCUT2D eigenvalue weighted by atomic mass is 9.79. The molecule has 0 aliphatic carbocycles. The number of hydrogen-bond acceptors (Lipinski definition) is 4. The van der Waals surface area contributed by atoms with Crippen LogP contribution < -0.4 is 4.74 Å². The molecular formula is C17H24O5. The van der Waals surface area contributed by atoms with Crippen LogP contribution in [0.4, 0.5) is 0 Å². The summed E-state index contributed by atoms with van der Waals surface area (Å²) >= 11 is 0. The minimum atomic E-state index is -0.961. The smallest absolute Gasteiger partial charge is 0.327 e. The molecule has 0 aliphatic rings. The molecule has 1 aromatic rings. The average Bonchev–Trinajstić information content (AvgIpc) is 2.49. The van der Waals surface area contributed by atoms with Gasteiger partial charge in [-0.05, 0) is 36.0 Å². The van der Waals surface area contributed by atoms with Crippen molar-refractivity contribution in [3.63, 3.8) is 0 Å². The van der Waals surface area contributed by atoms with Crippen LogP contribution in [0.5, 0.6) is 5.75 Å². The van der Waals surface area contributed by atoms with E-state index < -0.39 is 12.1 Å². The second kappa shape index (κ2) is 8.56.